The number of ketones is 1. The number of hydrogen-bond donors (Lipinski definition) is 0. The van der Waals surface area contributed by atoms with E-state index in [1.807, 2.05) is 0 Å². The van der Waals surface area contributed by atoms with E-state index in [9.17, 15) is 4.79 Å². The summed E-state index contributed by atoms with van der Waals surface area (Å²) in [4.78, 5) is 18.0. The molecule has 0 spiro atoms. The molecule has 1 aliphatic rings. The molecule has 94 valence electrons. The Bertz CT molecular complexity index is 381. The molecule has 0 aromatic carbocycles. The summed E-state index contributed by atoms with van der Waals surface area (Å²) in [6.07, 6.45) is 3.86. The zero-order valence-corrected chi connectivity index (χ0v) is 11.4. The van der Waals surface area contributed by atoms with Crippen molar-refractivity contribution >= 4 is 17.1 Å². The van der Waals surface area contributed by atoms with Crippen molar-refractivity contribution in [3.63, 3.8) is 0 Å². The van der Waals surface area contributed by atoms with Crippen molar-refractivity contribution in [1.82, 2.24) is 9.88 Å². The Kier molecular flexibility index (Phi) is 4.29. The van der Waals surface area contributed by atoms with Crippen LogP contribution in [0.4, 0.5) is 0 Å². The number of likely N-dealkylation sites (tertiary alicyclic amines) is 1. The number of aryl methyl sites for hydroxylation is 1. The number of aromatic nitrogens is 1. The van der Waals surface area contributed by atoms with E-state index in [1.54, 1.807) is 18.3 Å². The van der Waals surface area contributed by atoms with Crippen molar-refractivity contribution in [3.8, 4) is 0 Å². The highest BCUT2D eigenvalue weighted by Gasteiger charge is 2.20. The van der Waals surface area contributed by atoms with Crippen LogP contribution in [0.1, 0.15) is 42.8 Å². The van der Waals surface area contributed by atoms with Gasteiger partial charge in [0.25, 0.3) is 0 Å². The summed E-state index contributed by atoms with van der Waals surface area (Å²) >= 11 is 1.77. The maximum absolute atomic E-state index is 10.9. The van der Waals surface area contributed by atoms with E-state index < -0.39 is 0 Å². The minimum absolute atomic E-state index is 0.249. The van der Waals surface area contributed by atoms with Crippen LogP contribution >= 0.6 is 11.3 Å². The van der Waals surface area contributed by atoms with Gasteiger partial charge in [-0.1, -0.05) is 0 Å². The Balaban J connectivity index is 1.91. The second kappa shape index (κ2) is 5.74. The van der Waals surface area contributed by atoms with E-state index in [2.05, 4.69) is 22.3 Å². The highest BCUT2D eigenvalue weighted by Crippen LogP contribution is 2.29. The highest BCUT2D eigenvalue weighted by atomic mass is 32.1. The number of Topliss-reactive ketones (excluding diaryl/α,β-unsaturated/α-hetero) is 1. The molecule has 0 atom stereocenters. The van der Waals surface area contributed by atoms with Crippen molar-refractivity contribution < 1.29 is 4.79 Å². The van der Waals surface area contributed by atoms with Gasteiger partial charge in [0, 0.05) is 17.7 Å². The highest BCUT2D eigenvalue weighted by molar-refractivity contribution is 7.09. The number of piperidine rings is 1. The lowest BCUT2D eigenvalue weighted by atomic mass is 9.98. The molecular weight excluding hydrogens is 232 g/mol. The van der Waals surface area contributed by atoms with E-state index in [-0.39, 0.29) is 5.78 Å². The minimum Gasteiger partial charge on any atom is -0.306 e. The van der Waals surface area contributed by atoms with Crippen LogP contribution in [-0.4, -0.2) is 35.8 Å². The van der Waals surface area contributed by atoms with Crippen molar-refractivity contribution in [2.45, 2.75) is 38.5 Å². The third-order valence-corrected chi connectivity index (χ3v) is 4.43. The number of carbonyl (C=O) groups is 1. The van der Waals surface area contributed by atoms with Crippen molar-refractivity contribution in [2.24, 2.45) is 0 Å². The second-order valence-electron chi connectivity index (χ2n) is 4.96. The molecule has 0 bridgehead atoms. The van der Waals surface area contributed by atoms with E-state index in [0.29, 0.717) is 12.3 Å². The first-order chi connectivity index (χ1) is 8.15. The lowest BCUT2D eigenvalue weighted by Crippen LogP contribution is -2.29. The maximum atomic E-state index is 10.9. The molecule has 1 saturated heterocycles. The van der Waals surface area contributed by atoms with Gasteiger partial charge in [0.15, 0.2) is 0 Å². The maximum Gasteiger partial charge on any atom is 0.130 e. The fourth-order valence-electron chi connectivity index (χ4n) is 2.18. The van der Waals surface area contributed by atoms with Gasteiger partial charge in [0.05, 0.1) is 10.7 Å². The monoisotopic (exact) mass is 252 g/mol. The summed E-state index contributed by atoms with van der Waals surface area (Å²) in [5.74, 6) is 0.890. The van der Waals surface area contributed by atoms with Gasteiger partial charge in [0.1, 0.15) is 5.78 Å². The summed E-state index contributed by atoms with van der Waals surface area (Å²) in [5.41, 5.74) is 1.10. The molecule has 2 heterocycles. The number of carbonyl (C=O) groups excluding carboxylic acids is 1. The molecule has 0 radical (unpaired) electrons. The first kappa shape index (κ1) is 12.7. The van der Waals surface area contributed by atoms with Crippen LogP contribution in [0.15, 0.2) is 5.38 Å². The Morgan fingerprint density at radius 3 is 2.88 bits per heavy atom. The Labute approximate surface area is 107 Å². The normalized spacial score (nSPS) is 18.5. The Hall–Kier alpha value is -0.740. The van der Waals surface area contributed by atoms with Crippen LogP contribution in [0.3, 0.4) is 0 Å². The third-order valence-electron chi connectivity index (χ3n) is 3.37. The summed E-state index contributed by atoms with van der Waals surface area (Å²) < 4.78 is 0. The third kappa shape index (κ3) is 3.61. The summed E-state index contributed by atoms with van der Waals surface area (Å²) in [5, 5.41) is 3.40. The lowest BCUT2D eigenvalue weighted by Gasteiger charge is -2.27. The van der Waals surface area contributed by atoms with Gasteiger partial charge in [-0.15, -0.1) is 11.3 Å². The summed E-state index contributed by atoms with van der Waals surface area (Å²) in [6, 6.07) is 0. The summed E-state index contributed by atoms with van der Waals surface area (Å²) in [7, 11) is 2.18. The van der Waals surface area contributed by atoms with Crippen LogP contribution in [0, 0.1) is 0 Å². The van der Waals surface area contributed by atoms with Crippen molar-refractivity contribution in [3.05, 3.63) is 16.1 Å². The molecule has 1 fully saturated rings. The standard InChI is InChI=1S/C13H20N2OS/c1-10(16)3-4-12-9-17-13(14-12)11-5-7-15(2)8-6-11/h9,11H,3-8H2,1-2H3. The molecule has 0 unspecified atom stereocenters. The van der Waals surface area contributed by atoms with Gasteiger partial charge in [-0.3, -0.25) is 0 Å². The fraction of sp³-hybridized carbons (Fsp3) is 0.692. The van der Waals surface area contributed by atoms with Crippen molar-refractivity contribution in [2.75, 3.05) is 20.1 Å². The average Bonchev–Trinajstić information content (AvgIpc) is 2.76. The van der Waals surface area contributed by atoms with Gasteiger partial charge >= 0.3 is 0 Å². The number of thiazole rings is 1. The molecule has 0 N–H and O–H groups in total. The first-order valence-corrected chi connectivity index (χ1v) is 7.15. The van der Waals surface area contributed by atoms with Crippen LogP contribution in [0.5, 0.6) is 0 Å². The topological polar surface area (TPSA) is 33.2 Å². The van der Waals surface area contributed by atoms with Gasteiger partial charge in [0.2, 0.25) is 0 Å². The minimum atomic E-state index is 0.249. The molecule has 1 aromatic heterocycles. The molecular formula is C13H20N2OS. The molecule has 0 amide bonds. The van der Waals surface area contributed by atoms with E-state index in [1.165, 1.54) is 30.9 Å². The van der Waals surface area contributed by atoms with Crippen molar-refractivity contribution in [1.29, 1.82) is 0 Å². The molecule has 17 heavy (non-hydrogen) atoms. The lowest BCUT2D eigenvalue weighted by molar-refractivity contribution is -0.116. The number of rotatable bonds is 4. The molecule has 0 aliphatic carbocycles. The molecule has 4 heteroatoms. The molecule has 2 rings (SSSR count). The molecule has 0 saturated carbocycles. The fourth-order valence-corrected chi connectivity index (χ4v) is 3.21. The Morgan fingerprint density at radius 1 is 1.53 bits per heavy atom. The van der Waals surface area contributed by atoms with Crippen LogP contribution in [-0.2, 0) is 11.2 Å². The van der Waals surface area contributed by atoms with Crippen LogP contribution in [0.2, 0.25) is 0 Å². The average molecular weight is 252 g/mol. The smallest absolute Gasteiger partial charge is 0.130 e. The van der Waals surface area contributed by atoms with Gasteiger partial charge in [-0.05, 0) is 46.3 Å². The molecule has 3 nitrogen and oxygen atoms in total. The Morgan fingerprint density at radius 2 is 2.24 bits per heavy atom. The quantitative estimate of drug-likeness (QED) is 0.825. The van der Waals surface area contributed by atoms with Gasteiger partial charge in [-0.25, -0.2) is 4.98 Å². The second-order valence-corrected chi connectivity index (χ2v) is 5.85. The van der Waals surface area contributed by atoms with Gasteiger partial charge < -0.3 is 9.69 Å². The predicted molar refractivity (Wildman–Crippen MR) is 70.6 cm³/mol. The first-order valence-electron chi connectivity index (χ1n) is 6.27. The van der Waals surface area contributed by atoms with E-state index in [0.717, 1.165) is 12.1 Å². The predicted octanol–water partition coefficient (Wildman–Crippen LogP) is 2.47. The van der Waals surface area contributed by atoms with E-state index >= 15 is 0 Å². The van der Waals surface area contributed by atoms with Crippen LogP contribution in [0.25, 0.3) is 0 Å². The molecule has 1 aromatic rings. The number of hydrogen-bond acceptors (Lipinski definition) is 4. The van der Waals surface area contributed by atoms with Gasteiger partial charge in [-0.2, -0.15) is 0 Å². The molecule has 1 aliphatic heterocycles. The van der Waals surface area contributed by atoms with E-state index in [4.69, 9.17) is 0 Å². The largest absolute Gasteiger partial charge is 0.306 e. The zero-order valence-electron chi connectivity index (χ0n) is 10.6. The number of nitrogens with zero attached hydrogens (tertiary/aromatic N) is 2. The SMILES string of the molecule is CC(=O)CCc1csc(C2CCN(C)CC2)n1. The zero-order chi connectivity index (χ0) is 12.3. The van der Waals surface area contributed by atoms with Crippen LogP contribution < -0.4 is 0 Å². The summed E-state index contributed by atoms with van der Waals surface area (Å²) in [6.45, 7) is 3.99.